The van der Waals surface area contributed by atoms with Crippen LogP contribution in [0, 0.1) is 6.92 Å². The van der Waals surface area contributed by atoms with Crippen LogP contribution >= 0.6 is 0 Å². The number of aromatic nitrogens is 2. The predicted molar refractivity (Wildman–Crippen MR) is 130 cm³/mol. The third kappa shape index (κ3) is 6.81. The number of nitrogens with one attached hydrogen (secondary N) is 1. The zero-order chi connectivity index (χ0) is 25.5. The highest BCUT2D eigenvalue weighted by atomic mass is 16.4. The molecule has 1 amide bonds. The number of likely N-dealkylation sites (N-methyl/N-ethyl adjacent to an activating group) is 1. The minimum Gasteiger partial charge on any atom is -0.394 e. The molecule has 1 heterocycles. The summed E-state index contributed by atoms with van der Waals surface area (Å²) < 4.78 is 0. The molecule has 0 radical (unpaired) electrons. The Balaban J connectivity index is 1.71. The van der Waals surface area contributed by atoms with E-state index in [4.69, 9.17) is 5.11 Å². The number of carbonyl (C=O) groups is 1. The van der Waals surface area contributed by atoms with Gasteiger partial charge in [-0.25, -0.2) is 9.97 Å². The highest BCUT2D eigenvalue weighted by Crippen LogP contribution is 2.23. The Bertz CT molecular complexity index is 1130. The molecule has 1 aromatic heterocycles. The maximum atomic E-state index is 12.9. The van der Waals surface area contributed by atoms with Gasteiger partial charge in [-0.2, -0.15) is 0 Å². The molecule has 4 atom stereocenters. The van der Waals surface area contributed by atoms with E-state index in [1.165, 1.54) is 11.9 Å². The van der Waals surface area contributed by atoms with Gasteiger partial charge in [0.2, 0.25) is 0 Å². The van der Waals surface area contributed by atoms with E-state index in [-0.39, 0.29) is 6.54 Å². The molecule has 10 nitrogen and oxygen atoms in total. The normalized spacial score (nSPS) is 14.6. The Hall–Kier alpha value is -3.41. The molecule has 0 fully saturated rings. The van der Waals surface area contributed by atoms with E-state index in [1.54, 1.807) is 31.2 Å². The van der Waals surface area contributed by atoms with Crippen LogP contribution in [0.1, 0.15) is 16.2 Å². The lowest BCUT2D eigenvalue weighted by Gasteiger charge is -2.28. The molecule has 3 aromatic rings. The van der Waals surface area contributed by atoms with Gasteiger partial charge in [0.15, 0.2) is 0 Å². The summed E-state index contributed by atoms with van der Waals surface area (Å²) in [5, 5.41) is 51.5. The van der Waals surface area contributed by atoms with E-state index >= 15 is 0 Å². The van der Waals surface area contributed by atoms with Crippen LogP contribution in [-0.4, -0.2) is 90.9 Å². The number of carbonyl (C=O) groups excluding carboxylic acids is 1. The van der Waals surface area contributed by atoms with Crippen LogP contribution in [0.15, 0.2) is 60.7 Å². The van der Waals surface area contributed by atoms with Crippen LogP contribution in [0.3, 0.4) is 0 Å². The van der Waals surface area contributed by atoms with Crippen molar-refractivity contribution in [1.29, 1.82) is 0 Å². The average molecular weight is 483 g/mol. The zero-order valence-corrected chi connectivity index (χ0v) is 19.5. The molecule has 186 valence electrons. The largest absolute Gasteiger partial charge is 0.394 e. The number of amides is 1. The van der Waals surface area contributed by atoms with Gasteiger partial charge in [0.05, 0.1) is 12.3 Å². The Kier molecular flexibility index (Phi) is 8.85. The summed E-state index contributed by atoms with van der Waals surface area (Å²) in [4.78, 5) is 23.0. The summed E-state index contributed by atoms with van der Waals surface area (Å²) in [5.41, 5.74) is 2.64. The Labute approximate surface area is 203 Å². The number of aliphatic hydroxyl groups excluding tert-OH is 5. The molecule has 0 spiro atoms. The summed E-state index contributed by atoms with van der Waals surface area (Å²) in [6.07, 6.45) is -6.67. The van der Waals surface area contributed by atoms with E-state index in [2.05, 4.69) is 15.3 Å². The van der Waals surface area contributed by atoms with Gasteiger partial charge in [-0.3, -0.25) is 4.79 Å². The SMILES string of the molecule is Cc1nc(Nc2cccc(C(=O)N(C)CC(O)C(O)C(O)C(O)CO)c2)cc(-c2ccccc2)n1. The van der Waals surface area contributed by atoms with Gasteiger partial charge in [-0.15, -0.1) is 0 Å². The fraction of sp³-hybridized carbons (Fsp3) is 0.320. The number of rotatable bonds is 10. The lowest BCUT2D eigenvalue weighted by atomic mass is 10.0. The van der Waals surface area contributed by atoms with Crippen molar-refractivity contribution in [2.75, 3.05) is 25.5 Å². The summed E-state index contributed by atoms with van der Waals surface area (Å²) in [6.45, 7) is 0.708. The number of benzene rings is 2. The minimum atomic E-state index is -1.76. The quantitative estimate of drug-likeness (QED) is 0.245. The highest BCUT2D eigenvalue weighted by Gasteiger charge is 2.31. The molecule has 35 heavy (non-hydrogen) atoms. The molecular weight excluding hydrogens is 452 g/mol. The Morgan fingerprint density at radius 1 is 0.943 bits per heavy atom. The summed E-state index contributed by atoms with van der Waals surface area (Å²) in [6, 6.07) is 18.2. The fourth-order valence-electron chi connectivity index (χ4n) is 3.52. The molecule has 3 rings (SSSR count). The van der Waals surface area contributed by atoms with E-state index < -0.39 is 36.9 Å². The third-order valence-electron chi connectivity index (χ3n) is 5.42. The van der Waals surface area contributed by atoms with Crippen molar-refractivity contribution in [1.82, 2.24) is 14.9 Å². The second kappa shape index (κ2) is 11.8. The maximum Gasteiger partial charge on any atom is 0.253 e. The molecule has 2 aromatic carbocycles. The first-order valence-corrected chi connectivity index (χ1v) is 11.1. The maximum absolute atomic E-state index is 12.9. The van der Waals surface area contributed by atoms with Crippen LogP contribution < -0.4 is 5.32 Å². The van der Waals surface area contributed by atoms with Gasteiger partial charge in [-0.05, 0) is 25.1 Å². The first kappa shape index (κ1) is 26.2. The summed E-state index contributed by atoms with van der Waals surface area (Å²) in [5.74, 6) is 0.715. The average Bonchev–Trinajstić information content (AvgIpc) is 2.87. The van der Waals surface area contributed by atoms with Gasteiger partial charge in [-0.1, -0.05) is 36.4 Å². The lowest BCUT2D eigenvalue weighted by molar-refractivity contribution is -0.117. The van der Waals surface area contributed by atoms with Crippen LogP contribution in [0.5, 0.6) is 0 Å². The van der Waals surface area contributed by atoms with Crippen LogP contribution in [-0.2, 0) is 0 Å². The van der Waals surface area contributed by atoms with Gasteiger partial charge in [0, 0.05) is 36.5 Å². The van der Waals surface area contributed by atoms with Crippen LogP contribution in [0.25, 0.3) is 11.3 Å². The lowest BCUT2D eigenvalue weighted by Crippen LogP contribution is -2.49. The minimum absolute atomic E-state index is 0.307. The van der Waals surface area contributed by atoms with Gasteiger partial charge in [0.1, 0.15) is 36.1 Å². The zero-order valence-electron chi connectivity index (χ0n) is 19.5. The number of hydrogen-bond acceptors (Lipinski definition) is 9. The molecule has 0 aliphatic carbocycles. The molecule has 0 saturated carbocycles. The van der Waals surface area contributed by atoms with E-state index in [0.29, 0.717) is 22.9 Å². The van der Waals surface area contributed by atoms with E-state index in [1.807, 2.05) is 36.4 Å². The highest BCUT2D eigenvalue weighted by molar-refractivity contribution is 5.95. The first-order chi connectivity index (χ1) is 16.7. The number of nitrogens with zero attached hydrogens (tertiary/aromatic N) is 3. The molecule has 10 heteroatoms. The van der Waals surface area contributed by atoms with Crippen molar-refractivity contribution in [2.24, 2.45) is 0 Å². The first-order valence-electron chi connectivity index (χ1n) is 11.1. The monoisotopic (exact) mass is 482 g/mol. The number of aliphatic hydroxyl groups is 5. The number of anilines is 2. The number of aryl methyl sites for hydroxylation is 1. The second-order valence-electron chi connectivity index (χ2n) is 8.24. The van der Waals surface area contributed by atoms with Gasteiger partial charge in [0.25, 0.3) is 5.91 Å². The van der Waals surface area contributed by atoms with Crippen molar-refractivity contribution < 1.29 is 30.3 Å². The van der Waals surface area contributed by atoms with Crippen LogP contribution in [0.2, 0.25) is 0 Å². The standard InChI is InChI=1S/C25H30N4O6/c1-15-26-19(16-7-4-3-5-8-16)12-22(27-15)28-18-10-6-9-17(11-18)25(35)29(2)13-20(31)23(33)24(34)21(32)14-30/h3-12,20-21,23-24,30-34H,13-14H2,1-2H3,(H,26,27,28). The number of hydrogen-bond donors (Lipinski definition) is 6. The van der Waals surface area contributed by atoms with Crippen molar-refractivity contribution in [3.63, 3.8) is 0 Å². The second-order valence-corrected chi connectivity index (χ2v) is 8.24. The van der Waals surface area contributed by atoms with E-state index in [0.717, 1.165) is 11.3 Å². The topological polar surface area (TPSA) is 159 Å². The fourth-order valence-corrected chi connectivity index (χ4v) is 3.52. The van der Waals surface area contributed by atoms with Crippen molar-refractivity contribution >= 4 is 17.4 Å². The van der Waals surface area contributed by atoms with Crippen molar-refractivity contribution in [3.8, 4) is 11.3 Å². The van der Waals surface area contributed by atoms with E-state index in [9.17, 15) is 25.2 Å². The van der Waals surface area contributed by atoms with Crippen molar-refractivity contribution in [2.45, 2.75) is 31.3 Å². The third-order valence-corrected chi connectivity index (χ3v) is 5.42. The predicted octanol–water partition coefficient (Wildman–Crippen LogP) is 0.704. The van der Waals surface area contributed by atoms with Gasteiger partial charge >= 0.3 is 0 Å². The molecule has 0 bridgehead atoms. The summed E-state index contributed by atoms with van der Waals surface area (Å²) in [7, 11) is 1.44. The molecule has 0 aliphatic rings. The molecular formula is C25H30N4O6. The van der Waals surface area contributed by atoms with Crippen molar-refractivity contribution in [3.05, 3.63) is 72.1 Å². The Morgan fingerprint density at radius 2 is 1.63 bits per heavy atom. The Morgan fingerprint density at radius 3 is 2.31 bits per heavy atom. The van der Waals surface area contributed by atoms with Gasteiger partial charge < -0.3 is 35.7 Å². The smallest absolute Gasteiger partial charge is 0.253 e. The molecule has 4 unspecified atom stereocenters. The van der Waals surface area contributed by atoms with Crippen LogP contribution in [0.4, 0.5) is 11.5 Å². The summed E-state index contributed by atoms with van der Waals surface area (Å²) >= 11 is 0. The molecule has 0 aliphatic heterocycles. The molecule has 0 saturated heterocycles. The molecule has 6 N–H and O–H groups in total.